The second-order valence-corrected chi connectivity index (χ2v) is 5.33. The molecule has 1 aromatic heterocycles. The fourth-order valence-corrected chi connectivity index (χ4v) is 2.59. The molecular weight excluding hydrogens is 266 g/mol. The summed E-state index contributed by atoms with van der Waals surface area (Å²) in [7, 11) is 0. The lowest BCUT2D eigenvalue weighted by atomic mass is 10.2. The van der Waals surface area contributed by atoms with Crippen molar-refractivity contribution >= 4 is 34.5 Å². The van der Waals surface area contributed by atoms with E-state index in [0.717, 1.165) is 16.1 Å². The molecule has 0 aliphatic rings. The van der Waals surface area contributed by atoms with E-state index in [9.17, 15) is 4.79 Å². The molecule has 0 saturated heterocycles. The lowest BCUT2D eigenvalue weighted by molar-refractivity contribution is -0.116. The minimum Gasteiger partial charge on any atom is -0.306 e. The van der Waals surface area contributed by atoms with Crippen molar-refractivity contribution in [3.8, 4) is 0 Å². The number of carbonyl (C=O) groups excluding carboxylic acids is 1. The van der Waals surface area contributed by atoms with Crippen LogP contribution < -0.4 is 4.90 Å². The lowest BCUT2D eigenvalue weighted by Gasteiger charge is -2.21. The molecule has 0 aliphatic heterocycles. The third-order valence-corrected chi connectivity index (χ3v) is 3.71. The van der Waals surface area contributed by atoms with Crippen LogP contribution in [0.2, 0.25) is 0 Å². The number of carbonyl (C=O) groups is 1. The van der Waals surface area contributed by atoms with Gasteiger partial charge in [0.15, 0.2) is 0 Å². The van der Waals surface area contributed by atoms with Gasteiger partial charge in [-0.1, -0.05) is 18.2 Å². The Morgan fingerprint density at radius 1 is 1.33 bits per heavy atom. The van der Waals surface area contributed by atoms with Crippen LogP contribution in [-0.2, 0) is 11.3 Å². The van der Waals surface area contributed by atoms with E-state index in [1.807, 2.05) is 48.7 Å². The number of hydrogen-bond acceptors (Lipinski definition) is 2. The number of benzene rings is 1. The first-order chi connectivity index (χ1) is 8.70. The number of aryl methyl sites for hydroxylation is 1. The molecular formula is C14H14ClNOS. The fourth-order valence-electron chi connectivity index (χ4n) is 1.75. The average molecular weight is 280 g/mol. The Bertz CT molecular complexity index is 524. The summed E-state index contributed by atoms with van der Waals surface area (Å²) in [6, 6.07) is 11.9. The molecule has 1 aromatic carbocycles. The van der Waals surface area contributed by atoms with E-state index in [4.69, 9.17) is 11.6 Å². The first kappa shape index (κ1) is 13.1. The average Bonchev–Trinajstić information content (AvgIpc) is 2.88. The number of nitrogens with zero attached hydrogens (tertiary/aromatic N) is 1. The highest BCUT2D eigenvalue weighted by atomic mass is 35.5. The van der Waals surface area contributed by atoms with E-state index in [1.54, 1.807) is 16.2 Å². The van der Waals surface area contributed by atoms with Crippen LogP contribution in [0.1, 0.15) is 10.4 Å². The van der Waals surface area contributed by atoms with Crippen molar-refractivity contribution in [2.75, 3.05) is 10.8 Å². The molecule has 0 bridgehead atoms. The Labute approximate surface area is 116 Å². The van der Waals surface area contributed by atoms with E-state index in [-0.39, 0.29) is 11.8 Å². The van der Waals surface area contributed by atoms with Crippen LogP contribution in [0.25, 0.3) is 0 Å². The molecule has 18 heavy (non-hydrogen) atoms. The summed E-state index contributed by atoms with van der Waals surface area (Å²) in [5, 5.41) is 2.01. The highest BCUT2D eigenvalue weighted by Gasteiger charge is 2.15. The van der Waals surface area contributed by atoms with Crippen molar-refractivity contribution < 1.29 is 4.79 Å². The minimum atomic E-state index is -0.0735. The van der Waals surface area contributed by atoms with Crippen LogP contribution in [0.15, 0.2) is 41.8 Å². The molecule has 4 heteroatoms. The third-order valence-electron chi connectivity index (χ3n) is 2.62. The van der Waals surface area contributed by atoms with Crippen LogP contribution in [0.5, 0.6) is 0 Å². The van der Waals surface area contributed by atoms with E-state index in [0.29, 0.717) is 6.54 Å². The summed E-state index contributed by atoms with van der Waals surface area (Å²) >= 11 is 7.33. The zero-order chi connectivity index (χ0) is 13.0. The second-order valence-electron chi connectivity index (χ2n) is 4.03. The van der Waals surface area contributed by atoms with Crippen molar-refractivity contribution in [3.05, 3.63) is 52.2 Å². The van der Waals surface area contributed by atoms with Crippen LogP contribution in [0.4, 0.5) is 5.69 Å². The van der Waals surface area contributed by atoms with Gasteiger partial charge in [-0.05, 0) is 36.1 Å². The molecule has 0 unspecified atom stereocenters. The van der Waals surface area contributed by atoms with Gasteiger partial charge in [0.1, 0.15) is 5.88 Å². The zero-order valence-electron chi connectivity index (χ0n) is 10.1. The first-order valence-electron chi connectivity index (χ1n) is 5.66. The SMILES string of the molecule is Cc1cccc(N(Cc2cccs2)C(=O)CCl)c1. The molecule has 0 spiro atoms. The monoisotopic (exact) mass is 279 g/mol. The van der Waals surface area contributed by atoms with Crippen LogP contribution >= 0.6 is 22.9 Å². The minimum absolute atomic E-state index is 0.000677. The molecule has 2 nitrogen and oxygen atoms in total. The van der Waals surface area contributed by atoms with Crippen molar-refractivity contribution in [3.63, 3.8) is 0 Å². The predicted octanol–water partition coefficient (Wildman–Crippen LogP) is 3.83. The van der Waals surface area contributed by atoms with Crippen molar-refractivity contribution in [1.29, 1.82) is 0 Å². The molecule has 0 fully saturated rings. The Morgan fingerprint density at radius 2 is 2.17 bits per heavy atom. The van der Waals surface area contributed by atoms with Gasteiger partial charge in [-0.15, -0.1) is 22.9 Å². The molecule has 1 heterocycles. The van der Waals surface area contributed by atoms with Crippen molar-refractivity contribution in [2.24, 2.45) is 0 Å². The molecule has 0 radical (unpaired) electrons. The number of hydrogen-bond donors (Lipinski definition) is 0. The smallest absolute Gasteiger partial charge is 0.242 e. The number of amides is 1. The van der Waals surface area contributed by atoms with Gasteiger partial charge >= 0.3 is 0 Å². The third kappa shape index (κ3) is 3.12. The quantitative estimate of drug-likeness (QED) is 0.779. The normalized spacial score (nSPS) is 10.3. The molecule has 1 amide bonds. The van der Waals surface area contributed by atoms with Gasteiger partial charge in [0, 0.05) is 10.6 Å². The van der Waals surface area contributed by atoms with Gasteiger partial charge in [-0.25, -0.2) is 0 Å². The summed E-state index contributed by atoms with van der Waals surface area (Å²) in [5.74, 6) is -0.0741. The van der Waals surface area contributed by atoms with Gasteiger partial charge in [0.25, 0.3) is 0 Å². The number of rotatable bonds is 4. The number of alkyl halides is 1. The standard InChI is InChI=1S/C14H14ClNOS/c1-11-4-2-5-12(8-11)16(14(17)9-15)10-13-6-3-7-18-13/h2-8H,9-10H2,1H3. The van der Waals surface area contributed by atoms with E-state index >= 15 is 0 Å². The van der Waals surface area contributed by atoms with Gasteiger partial charge in [-0.2, -0.15) is 0 Å². The highest BCUT2D eigenvalue weighted by molar-refractivity contribution is 7.09. The first-order valence-corrected chi connectivity index (χ1v) is 7.07. The second kappa shape index (κ2) is 6.03. The Kier molecular flexibility index (Phi) is 4.39. The molecule has 94 valence electrons. The number of halogens is 1. The van der Waals surface area contributed by atoms with E-state index in [2.05, 4.69) is 0 Å². The van der Waals surface area contributed by atoms with Gasteiger partial charge in [-0.3, -0.25) is 4.79 Å². The zero-order valence-corrected chi connectivity index (χ0v) is 11.7. The molecule has 2 aromatic rings. The lowest BCUT2D eigenvalue weighted by Crippen LogP contribution is -2.31. The summed E-state index contributed by atoms with van der Waals surface area (Å²) < 4.78 is 0. The summed E-state index contributed by atoms with van der Waals surface area (Å²) in [4.78, 5) is 14.8. The number of thiophene rings is 1. The van der Waals surface area contributed by atoms with E-state index in [1.165, 1.54) is 0 Å². The predicted molar refractivity (Wildman–Crippen MR) is 77.4 cm³/mol. The maximum atomic E-state index is 11.9. The maximum absolute atomic E-state index is 11.9. The maximum Gasteiger partial charge on any atom is 0.242 e. The fraction of sp³-hybridized carbons (Fsp3) is 0.214. The summed E-state index contributed by atoms with van der Waals surface area (Å²) in [6.07, 6.45) is 0. The van der Waals surface area contributed by atoms with Crippen LogP contribution in [0.3, 0.4) is 0 Å². The van der Waals surface area contributed by atoms with Gasteiger partial charge in [0.05, 0.1) is 6.54 Å². The van der Waals surface area contributed by atoms with Crippen LogP contribution in [-0.4, -0.2) is 11.8 Å². The topological polar surface area (TPSA) is 20.3 Å². The summed E-state index contributed by atoms with van der Waals surface area (Å²) in [5.41, 5.74) is 2.03. The molecule has 0 saturated carbocycles. The Balaban J connectivity index is 2.28. The highest BCUT2D eigenvalue weighted by Crippen LogP contribution is 2.21. The largest absolute Gasteiger partial charge is 0.306 e. The van der Waals surface area contributed by atoms with E-state index < -0.39 is 0 Å². The summed E-state index contributed by atoms with van der Waals surface area (Å²) in [6.45, 7) is 2.59. The van der Waals surface area contributed by atoms with Crippen molar-refractivity contribution in [2.45, 2.75) is 13.5 Å². The van der Waals surface area contributed by atoms with Gasteiger partial charge in [0.2, 0.25) is 5.91 Å². The molecule has 0 atom stereocenters. The molecule has 0 N–H and O–H groups in total. The molecule has 0 aliphatic carbocycles. The van der Waals surface area contributed by atoms with Crippen LogP contribution in [0, 0.1) is 6.92 Å². The number of anilines is 1. The molecule has 2 rings (SSSR count). The Hall–Kier alpha value is -1.32. The van der Waals surface area contributed by atoms with Crippen molar-refractivity contribution in [1.82, 2.24) is 0 Å². The van der Waals surface area contributed by atoms with Gasteiger partial charge < -0.3 is 4.90 Å². The Morgan fingerprint density at radius 3 is 2.78 bits per heavy atom.